The van der Waals surface area contributed by atoms with E-state index in [0.717, 1.165) is 79.1 Å². The van der Waals surface area contributed by atoms with Gasteiger partial charge in [-0.3, -0.25) is 4.79 Å². The summed E-state index contributed by atoms with van der Waals surface area (Å²) in [4.78, 5) is 36.4. The molecule has 2 atom stereocenters. The molecule has 3 heterocycles. The Labute approximate surface area is 292 Å². The van der Waals surface area contributed by atoms with Gasteiger partial charge in [-0.2, -0.15) is 4.98 Å². The quantitative estimate of drug-likeness (QED) is 0.160. The van der Waals surface area contributed by atoms with Crippen molar-refractivity contribution in [2.45, 2.75) is 97.1 Å². The summed E-state index contributed by atoms with van der Waals surface area (Å²) in [5.74, 6) is 3.47. The van der Waals surface area contributed by atoms with Crippen LogP contribution in [0.3, 0.4) is 0 Å². The molecular weight excluding hydrogens is 610 g/mol. The van der Waals surface area contributed by atoms with Gasteiger partial charge in [-0.15, -0.1) is 0 Å². The van der Waals surface area contributed by atoms with Gasteiger partial charge in [-0.05, 0) is 106 Å². The lowest BCUT2D eigenvalue weighted by atomic mass is 9.41. The van der Waals surface area contributed by atoms with Crippen LogP contribution in [-0.2, 0) is 4.74 Å². The van der Waals surface area contributed by atoms with E-state index in [1.165, 1.54) is 5.56 Å². The Balaban J connectivity index is 0.00000432. The smallest absolute Gasteiger partial charge is 0.254 e. The normalized spacial score (nSPS) is 22.3. The van der Waals surface area contributed by atoms with Crippen LogP contribution in [0.4, 0.5) is 0 Å². The Hall–Kier alpha value is -4.17. The third-order valence-electron chi connectivity index (χ3n) is 11.0. The molecule has 0 radical (unpaired) electrons. The number of nitrogens with zero attached hydrogens (tertiary/aromatic N) is 5. The zero-order valence-electron chi connectivity index (χ0n) is 29.8. The number of hydrogen-bond acceptors (Lipinski definition) is 7. The van der Waals surface area contributed by atoms with Gasteiger partial charge in [0, 0.05) is 50.1 Å². The van der Waals surface area contributed by atoms with Crippen molar-refractivity contribution in [3.05, 3.63) is 100 Å². The van der Waals surface area contributed by atoms with Crippen LogP contribution in [0, 0.1) is 39.5 Å². The van der Waals surface area contributed by atoms with Gasteiger partial charge < -0.3 is 14.4 Å². The van der Waals surface area contributed by atoms with Gasteiger partial charge in [0.1, 0.15) is 18.3 Å². The number of carbonyl (C=O) groups excluding carboxylic acids is 1. The van der Waals surface area contributed by atoms with E-state index in [4.69, 9.17) is 29.4 Å². The maximum atomic E-state index is 14.8. The Morgan fingerprint density at radius 2 is 1.67 bits per heavy atom. The zero-order chi connectivity index (χ0) is 34.3. The molecule has 2 bridgehead atoms. The second-order valence-electron chi connectivity index (χ2n) is 15.1. The monoisotopic (exact) mass is 661 g/mol. The van der Waals surface area contributed by atoms with E-state index in [1.54, 1.807) is 0 Å². The van der Waals surface area contributed by atoms with Crippen LogP contribution in [0.15, 0.2) is 60.9 Å². The maximum absolute atomic E-state index is 14.8. The highest BCUT2D eigenvalue weighted by Gasteiger charge is 2.71. The fourth-order valence-electron chi connectivity index (χ4n) is 8.59. The predicted molar refractivity (Wildman–Crippen MR) is 193 cm³/mol. The van der Waals surface area contributed by atoms with Crippen LogP contribution in [0.5, 0.6) is 5.88 Å². The summed E-state index contributed by atoms with van der Waals surface area (Å²) in [6.45, 7) is 14.5. The fraction of sp³-hybridized carbons (Fsp3) is 0.488. The topological polar surface area (TPSA) is 90.3 Å². The van der Waals surface area contributed by atoms with E-state index in [2.05, 4.69) is 50.8 Å². The van der Waals surface area contributed by atoms with Crippen molar-refractivity contribution >= 4 is 5.91 Å². The molecule has 4 fully saturated rings. The van der Waals surface area contributed by atoms with Gasteiger partial charge in [0.15, 0.2) is 0 Å². The first-order chi connectivity index (χ1) is 23.6. The average molecular weight is 662 g/mol. The van der Waals surface area contributed by atoms with Crippen LogP contribution in [0.2, 0.25) is 0 Å². The number of benzene rings is 2. The number of aromatic nitrogens is 4. The van der Waals surface area contributed by atoms with E-state index in [1.807, 2.05) is 56.6 Å². The summed E-state index contributed by atoms with van der Waals surface area (Å²) in [6, 6.07) is 16.0. The Bertz CT molecular complexity index is 1800. The first-order valence-corrected chi connectivity index (χ1v) is 18.0. The molecule has 49 heavy (non-hydrogen) atoms. The number of ether oxygens (including phenoxy) is 2. The maximum Gasteiger partial charge on any atom is 0.254 e. The molecular formula is C41H51N5O3. The van der Waals surface area contributed by atoms with E-state index in [9.17, 15) is 4.79 Å². The number of amides is 1. The molecule has 2 aromatic carbocycles. The second-order valence-corrected chi connectivity index (χ2v) is 15.1. The molecule has 3 saturated carbocycles. The third kappa shape index (κ3) is 6.48. The highest BCUT2D eigenvalue weighted by atomic mass is 16.5. The summed E-state index contributed by atoms with van der Waals surface area (Å²) in [5, 5.41) is 0. The molecule has 8 heteroatoms. The Morgan fingerprint density at radius 3 is 2.31 bits per heavy atom. The highest BCUT2D eigenvalue weighted by Crippen LogP contribution is 2.69. The van der Waals surface area contributed by atoms with Crippen molar-refractivity contribution in [1.82, 2.24) is 24.8 Å². The Morgan fingerprint density at radius 1 is 0.980 bits per heavy atom. The molecule has 2 aromatic heterocycles. The van der Waals surface area contributed by atoms with Gasteiger partial charge in [0.05, 0.1) is 17.3 Å². The molecule has 1 amide bonds. The summed E-state index contributed by atoms with van der Waals surface area (Å²) >= 11 is 0. The van der Waals surface area contributed by atoms with Crippen molar-refractivity contribution < 1.29 is 15.7 Å². The summed E-state index contributed by atoms with van der Waals surface area (Å²) in [6.07, 6.45) is 8.77. The second kappa shape index (κ2) is 13.6. The number of aryl methyl sites for hydroxylation is 4. The molecule has 0 N–H and O–H groups in total. The standard InChI is InChI=1S/C41H49N5O3.H2/c1-25(2)17-34(24-49-36-19-35(44-29(6)45-36)37-27(4)10-8-11-28(37)5)46(40(47)31-12-7-9-26(3)18-31)41-20-32(21-41)38(41)39-42-22-33(23-43-39)30-13-15-48-16-14-30;/h7-12,18-19,22-23,25,30,32,34,38H,13-17,20-21,24H2,1-6H3;1H/t32?,34-,38?,41?;/m1./s1. The SMILES string of the molecule is Cc1cccc(C(=O)N([C@@H](COc2cc(-c3c(C)cccc3C)nc(C)n2)CC(C)C)C23CC(C2)C3c2ncc(C3CCOCC3)cn2)c1.[HH]. The van der Waals surface area contributed by atoms with Crippen molar-refractivity contribution in [3.8, 4) is 17.1 Å². The van der Waals surface area contributed by atoms with E-state index < -0.39 is 0 Å². The molecule has 3 aliphatic carbocycles. The van der Waals surface area contributed by atoms with Crippen molar-refractivity contribution in [2.24, 2.45) is 11.8 Å². The average Bonchev–Trinajstić information content (AvgIpc) is 3.04. The van der Waals surface area contributed by atoms with Crippen LogP contribution in [0.25, 0.3) is 11.3 Å². The van der Waals surface area contributed by atoms with Crippen LogP contribution >= 0.6 is 0 Å². The number of hydrogen-bond donors (Lipinski definition) is 0. The first-order valence-electron chi connectivity index (χ1n) is 18.0. The molecule has 8 nitrogen and oxygen atoms in total. The lowest BCUT2D eigenvalue weighted by molar-refractivity contribution is -0.172. The van der Waals surface area contributed by atoms with Crippen molar-refractivity contribution in [1.29, 1.82) is 0 Å². The predicted octanol–water partition coefficient (Wildman–Crippen LogP) is 8.19. The first kappa shape index (κ1) is 33.3. The highest BCUT2D eigenvalue weighted by molar-refractivity contribution is 5.95. The van der Waals surface area contributed by atoms with Gasteiger partial charge in [0.25, 0.3) is 5.91 Å². The molecule has 8 rings (SSSR count). The number of carbonyl (C=O) groups is 1. The summed E-state index contributed by atoms with van der Waals surface area (Å²) in [7, 11) is 0. The molecule has 1 saturated heterocycles. The molecule has 1 unspecified atom stereocenters. The van der Waals surface area contributed by atoms with E-state index in [0.29, 0.717) is 41.6 Å². The lowest BCUT2D eigenvalue weighted by Crippen LogP contribution is -2.77. The minimum absolute atomic E-state index is 0. The number of rotatable bonds is 11. The van der Waals surface area contributed by atoms with Gasteiger partial charge in [-0.1, -0.05) is 49.7 Å². The van der Waals surface area contributed by atoms with Crippen LogP contribution in [-0.4, -0.2) is 62.1 Å². The van der Waals surface area contributed by atoms with E-state index >= 15 is 0 Å². The Kier molecular flexibility index (Phi) is 9.27. The van der Waals surface area contributed by atoms with Crippen LogP contribution in [0.1, 0.15) is 103 Å². The lowest BCUT2D eigenvalue weighted by Gasteiger charge is -2.72. The zero-order valence-corrected chi connectivity index (χ0v) is 29.8. The van der Waals surface area contributed by atoms with Crippen LogP contribution < -0.4 is 4.74 Å². The van der Waals surface area contributed by atoms with Gasteiger partial charge in [0.2, 0.25) is 5.88 Å². The summed E-state index contributed by atoms with van der Waals surface area (Å²) < 4.78 is 12.2. The summed E-state index contributed by atoms with van der Waals surface area (Å²) in [5.41, 5.74) is 6.90. The van der Waals surface area contributed by atoms with Gasteiger partial charge >= 0.3 is 0 Å². The third-order valence-corrected chi connectivity index (χ3v) is 11.0. The molecule has 258 valence electrons. The van der Waals surface area contributed by atoms with Crippen molar-refractivity contribution in [2.75, 3.05) is 19.8 Å². The molecule has 4 aromatic rings. The van der Waals surface area contributed by atoms with Gasteiger partial charge in [-0.25, -0.2) is 15.0 Å². The molecule has 0 spiro atoms. The van der Waals surface area contributed by atoms with Crippen molar-refractivity contribution in [3.63, 3.8) is 0 Å². The molecule has 1 aliphatic heterocycles. The minimum Gasteiger partial charge on any atom is -0.475 e. The van der Waals surface area contributed by atoms with E-state index in [-0.39, 0.29) is 24.8 Å². The fourth-order valence-corrected chi connectivity index (χ4v) is 8.59. The largest absolute Gasteiger partial charge is 0.475 e. The molecule has 4 aliphatic rings. The minimum atomic E-state index is -0.348.